The number of benzene rings is 2. The largest absolute Gasteiger partial charge is 0.508 e. The summed E-state index contributed by atoms with van der Waals surface area (Å²) in [4.78, 5) is 2.47. The molecule has 0 spiro atoms. The Bertz CT molecular complexity index is 735. The van der Waals surface area contributed by atoms with Crippen molar-refractivity contribution in [2.45, 2.75) is 39.5 Å². The second-order valence-electron chi connectivity index (χ2n) is 7.15. The Morgan fingerprint density at radius 1 is 0.889 bits per heavy atom. The number of hydrogen-bond acceptors (Lipinski definition) is 3. The van der Waals surface area contributed by atoms with E-state index in [-0.39, 0.29) is 0 Å². The number of likely N-dealkylation sites (tertiary alicyclic amines) is 1. The van der Waals surface area contributed by atoms with E-state index < -0.39 is 0 Å². The summed E-state index contributed by atoms with van der Waals surface area (Å²) < 4.78 is 5.95. The summed E-state index contributed by atoms with van der Waals surface area (Å²) in [6.07, 6.45) is 4.66. The Morgan fingerprint density at radius 3 is 2.00 bits per heavy atom. The predicted molar refractivity (Wildman–Crippen MR) is 112 cm³/mol. The van der Waals surface area contributed by atoms with E-state index >= 15 is 0 Å². The molecule has 1 heterocycles. The normalized spacial score (nSPS) is 14.3. The fourth-order valence-corrected chi connectivity index (χ4v) is 3.82. The number of rotatable bonds is 8. The van der Waals surface area contributed by atoms with Gasteiger partial charge in [-0.15, -0.1) is 0 Å². The molecule has 3 nitrogen and oxygen atoms in total. The zero-order valence-electron chi connectivity index (χ0n) is 16.6. The van der Waals surface area contributed by atoms with Crippen LogP contribution in [-0.2, 0) is 0 Å². The second-order valence-corrected chi connectivity index (χ2v) is 7.15. The maximum Gasteiger partial charge on any atom is 0.119 e. The van der Waals surface area contributed by atoms with Gasteiger partial charge in [0.1, 0.15) is 18.1 Å². The zero-order chi connectivity index (χ0) is 19.1. The van der Waals surface area contributed by atoms with E-state index in [1.807, 2.05) is 12.1 Å². The van der Waals surface area contributed by atoms with Crippen LogP contribution in [0.5, 0.6) is 11.5 Å². The van der Waals surface area contributed by atoms with E-state index in [9.17, 15) is 5.11 Å². The van der Waals surface area contributed by atoms with Crippen molar-refractivity contribution in [3.05, 3.63) is 65.2 Å². The molecule has 144 valence electrons. The molecular weight excluding hydrogens is 334 g/mol. The van der Waals surface area contributed by atoms with Gasteiger partial charge in [-0.25, -0.2) is 0 Å². The van der Waals surface area contributed by atoms with Gasteiger partial charge in [-0.1, -0.05) is 43.7 Å². The molecule has 2 aromatic carbocycles. The molecule has 0 atom stereocenters. The molecule has 1 fully saturated rings. The monoisotopic (exact) mass is 365 g/mol. The van der Waals surface area contributed by atoms with Gasteiger partial charge in [0.25, 0.3) is 0 Å². The molecule has 1 saturated heterocycles. The van der Waals surface area contributed by atoms with E-state index in [4.69, 9.17) is 4.74 Å². The first-order valence-corrected chi connectivity index (χ1v) is 10.2. The van der Waals surface area contributed by atoms with Gasteiger partial charge in [-0.2, -0.15) is 0 Å². The van der Waals surface area contributed by atoms with Crippen molar-refractivity contribution in [3.8, 4) is 11.5 Å². The summed E-state index contributed by atoms with van der Waals surface area (Å²) in [5.74, 6) is 1.23. The number of nitrogens with zero attached hydrogens (tertiary/aromatic N) is 1. The molecule has 1 aliphatic heterocycles. The van der Waals surface area contributed by atoms with Crippen LogP contribution < -0.4 is 4.74 Å². The standard InChI is InChI=1S/C24H31NO2/c1-3-19(4-2)24(20-7-11-22(26)12-8-20)21-9-13-23(14-10-21)27-18-17-25-15-5-6-16-25/h7-14,26H,3-6,15-18H2,1-2H3. The van der Waals surface area contributed by atoms with Crippen molar-refractivity contribution in [1.82, 2.24) is 4.90 Å². The van der Waals surface area contributed by atoms with Gasteiger partial charge < -0.3 is 9.84 Å². The van der Waals surface area contributed by atoms with Gasteiger partial charge in [-0.3, -0.25) is 4.90 Å². The summed E-state index contributed by atoms with van der Waals surface area (Å²) in [7, 11) is 0. The van der Waals surface area contributed by atoms with E-state index in [2.05, 4.69) is 43.0 Å². The van der Waals surface area contributed by atoms with Crippen molar-refractivity contribution >= 4 is 5.57 Å². The highest BCUT2D eigenvalue weighted by Crippen LogP contribution is 2.32. The van der Waals surface area contributed by atoms with E-state index in [0.29, 0.717) is 5.75 Å². The van der Waals surface area contributed by atoms with Crippen molar-refractivity contribution in [3.63, 3.8) is 0 Å². The molecule has 0 amide bonds. The molecule has 27 heavy (non-hydrogen) atoms. The van der Waals surface area contributed by atoms with Gasteiger partial charge in [0.05, 0.1) is 0 Å². The molecular formula is C24H31NO2. The van der Waals surface area contributed by atoms with Gasteiger partial charge in [0, 0.05) is 6.54 Å². The maximum absolute atomic E-state index is 9.62. The predicted octanol–water partition coefficient (Wildman–Crippen LogP) is 5.49. The summed E-state index contributed by atoms with van der Waals surface area (Å²) >= 11 is 0. The van der Waals surface area contributed by atoms with E-state index in [1.165, 1.54) is 42.6 Å². The van der Waals surface area contributed by atoms with E-state index in [0.717, 1.165) is 37.3 Å². The minimum atomic E-state index is 0.300. The fourth-order valence-electron chi connectivity index (χ4n) is 3.82. The lowest BCUT2D eigenvalue weighted by molar-refractivity contribution is 0.238. The van der Waals surface area contributed by atoms with Crippen LogP contribution in [0.4, 0.5) is 0 Å². The number of phenolic OH excluding ortho intramolecular Hbond substituents is 1. The van der Waals surface area contributed by atoms with Crippen molar-refractivity contribution in [1.29, 1.82) is 0 Å². The molecule has 1 aliphatic rings. The third-order valence-corrected chi connectivity index (χ3v) is 5.38. The quantitative estimate of drug-likeness (QED) is 0.671. The van der Waals surface area contributed by atoms with Crippen LogP contribution in [0.15, 0.2) is 54.1 Å². The summed E-state index contributed by atoms with van der Waals surface area (Å²) in [5, 5.41) is 9.62. The summed E-state index contributed by atoms with van der Waals surface area (Å²) in [6.45, 7) is 8.58. The lowest BCUT2D eigenvalue weighted by Crippen LogP contribution is -2.25. The Labute approximate surface area is 163 Å². The number of aromatic hydroxyl groups is 1. The Balaban J connectivity index is 1.74. The average molecular weight is 366 g/mol. The molecule has 2 aromatic rings. The first-order chi connectivity index (χ1) is 13.2. The summed E-state index contributed by atoms with van der Waals surface area (Å²) in [5.41, 5.74) is 5.03. The molecule has 0 radical (unpaired) electrons. The van der Waals surface area contributed by atoms with Crippen LogP contribution in [0, 0.1) is 0 Å². The third-order valence-electron chi connectivity index (χ3n) is 5.38. The second kappa shape index (κ2) is 9.61. The van der Waals surface area contributed by atoms with Crippen LogP contribution in [0.25, 0.3) is 5.57 Å². The van der Waals surface area contributed by atoms with E-state index in [1.54, 1.807) is 12.1 Å². The smallest absolute Gasteiger partial charge is 0.119 e. The van der Waals surface area contributed by atoms with Crippen LogP contribution in [0.2, 0.25) is 0 Å². The molecule has 0 aliphatic carbocycles. The fraction of sp³-hybridized carbons (Fsp3) is 0.417. The number of hydrogen-bond donors (Lipinski definition) is 1. The first kappa shape index (κ1) is 19.5. The lowest BCUT2D eigenvalue weighted by atomic mass is 9.90. The number of phenols is 1. The topological polar surface area (TPSA) is 32.7 Å². The highest BCUT2D eigenvalue weighted by Gasteiger charge is 2.12. The molecule has 0 unspecified atom stereocenters. The van der Waals surface area contributed by atoms with Crippen molar-refractivity contribution in [2.75, 3.05) is 26.2 Å². The SMILES string of the molecule is CCC(CC)=C(c1ccc(O)cc1)c1ccc(OCCN2CCCC2)cc1. The molecule has 3 heteroatoms. The minimum Gasteiger partial charge on any atom is -0.508 e. The highest BCUT2D eigenvalue weighted by molar-refractivity contribution is 5.82. The summed E-state index contributed by atoms with van der Waals surface area (Å²) in [6, 6.07) is 16.0. The van der Waals surface area contributed by atoms with Crippen LogP contribution in [-0.4, -0.2) is 36.2 Å². The van der Waals surface area contributed by atoms with Gasteiger partial charge in [0.15, 0.2) is 0 Å². The average Bonchev–Trinajstić information content (AvgIpc) is 3.21. The molecule has 0 aromatic heterocycles. The van der Waals surface area contributed by atoms with Gasteiger partial charge in [0.2, 0.25) is 0 Å². The van der Waals surface area contributed by atoms with Crippen molar-refractivity contribution < 1.29 is 9.84 Å². The lowest BCUT2D eigenvalue weighted by Gasteiger charge is -2.17. The Kier molecular flexibility index (Phi) is 6.94. The first-order valence-electron chi connectivity index (χ1n) is 10.2. The minimum absolute atomic E-state index is 0.300. The molecule has 1 N–H and O–H groups in total. The van der Waals surface area contributed by atoms with Gasteiger partial charge in [-0.05, 0) is 79.7 Å². The molecule has 0 saturated carbocycles. The molecule has 0 bridgehead atoms. The van der Waals surface area contributed by atoms with Crippen LogP contribution in [0.1, 0.15) is 50.7 Å². The van der Waals surface area contributed by atoms with Gasteiger partial charge >= 0.3 is 0 Å². The highest BCUT2D eigenvalue weighted by atomic mass is 16.5. The number of allylic oxidation sites excluding steroid dienone is 1. The van der Waals surface area contributed by atoms with Crippen molar-refractivity contribution in [2.24, 2.45) is 0 Å². The van der Waals surface area contributed by atoms with Crippen LogP contribution >= 0.6 is 0 Å². The molecule has 3 rings (SSSR count). The van der Waals surface area contributed by atoms with Crippen LogP contribution in [0.3, 0.4) is 0 Å². The zero-order valence-corrected chi connectivity index (χ0v) is 16.6. The maximum atomic E-state index is 9.62. The number of ether oxygens (including phenoxy) is 1. The third kappa shape index (κ3) is 5.14. The Hall–Kier alpha value is -2.26. The Morgan fingerprint density at radius 2 is 1.44 bits per heavy atom.